The van der Waals surface area contributed by atoms with E-state index >= 15 is 0 Å². The second kappa shape index (κ2) is 9.20. The molecule has 2 heterocycles. The number of hydrogen-bond acceptors (Lipinski definition) is 5. The molecule has 1 amide bonds. The molecule has 0 bridgehead atoms. The average Bonchev–Trinajstić information content (AvgIpc) is 3.57. The third-order valence-electron chi connectivity index (χ3n) is 8.28. The molecule has 0 radical (unpaired) electrons. The summed E-state index contributed by atoms with van der Waals surface area (Å²) in [5, 5.41) is 23.6. The number of likely N-dealkylation sites (tertiary alicyclic amines) is 1. The van der Waals surface area contributed by atoms with E-state index in [0.717, 1.165) is 57.9 Å². The van der Waals surface area contributed by atoms with E-state index < -0.39 is 6.09 Å². The molecule has 38 heavy (non-hydrogen) atoms. The van der Waals surface area contributed by atoms with Crippen molar-refractivity contribution in [2.75, 3.05) is 18.0 Å². The Hall–Kier alpha value is -3.79. The first-order chi connectivity index (χ1) is 17.9. The van der Waals surface area contributed by atoms with Gasteiger partial charge >= 0.3 is 6.09 Å². The fraction of sp³-hybridized carbons (Fsp3) is 0.452. The number of amides is 1. The van der Waals surface area contributed by atoms with Crippen LogP contribution in [0.5, 0.6) is 0 Å². The highest BCUT2D eigenvalue weighted by molar-refractivity contribution is 5.76. The van der Waals surface area contributed by atoms with Crippen molar-refractivity contribution in [1.29, 1.82) is 5.26 Å². The Kier molecular flexibility index (Phi) is 6.25. The number of hydrogen-bond donors (Lipinski definition) is 1. The Bertz CT molecular complexity index is 1390. The monoisotopic (exact) mass is 512 g/mol. The van der Waals surface area contributed by atoms with Crippen molar-refractivity contribution in [2.24, 2.45) is 11.3 Å². The van der Waals surface area contributed by atoms with Gasteiger partial charge in [0.05, 0.1) is 17.2 Å². The predicted octanol–water partition coefficient (Wildman–Crippen LogP) is 6.98. The summed E-state index contributed by atoms with van der Waals surface area (Å²) in [7, 11) is 0. The Morgan fingerprint density at radius 3 is 2.39 bits per heavy atom. The van der Waals surface area contributed by atoms with E-state index in [1.807, 2.05) is 13.8 Å². The van der Waals surface area contributed by atoms with Gasteiger partial charge < -0.3 is 19.4 Å². The molecule has 2 aromatic carbocycles. The minimum Gasteiger partial charge on any atom is -0.465 e. The molecule has 2 aliphatic rings. The molecule has 2 fully saturated rings. The maximum absolute atomic E-state index is 11.9. The number of aryl methyl sites for hydroxylation is 3. The van der Waals surface area contributed by atoms with Crippen LogP contribution in [-0.2, 0) is 5.41 Å². The van der Waals surface area contributed by atoms with Gasteiger partial charge in [0, 0.05) is 42.0 Å². The van der Waals surface area contributed by atoms with Gasteiger partial charge in [0.25, 0.3) is 0 Å². The van der Waals surface area contributed by atoms with Crippen LogP contribution in [0.2, 0.25) is 0 Å². The quantitative estimate of drug-likeness (QED) is 0.383. The molecule has 5 rings (SSSR count). The molecule has 1 aliphatic heterocycles. The lowest BCUT2D eigenvalue weighted by Crippen LogP contribution is -2.65. The number of carboxylic acid groups (broad SMARTS) is 1. The smallest absolute Gasteiger partial charge is 0.407 e. The summed E-state index contributed by atoms with van der Waals surface area (Å²) in [4.78, 5) is 15.8. The Morgan fingerprint density at radius 1 is 1.18 bits per heavy atom. The van der Waals surface area contributed by atoms with Crippen molar-refractivity contribution in [3.8, 4) is 17.2 Å². The van der Waals surface area contributed by atoms with Gasteiger partial charge in [-0.15, -0.1) is 0 Å². The zero-order valence-electron chi connectivity index (χ0n) is 23.1. The molecule has 1 N–H and O–H groups in total. The molecule has 1 aliphatic carbocycles. The lowest BCUT2D eigenvalue weighted by Gasteiger charge is -2.54. The van der Waals surface area contributed by atoms with E-state index in [0.29, 0.717) is 13.1 Å². The van der Waals surface area contributed by atoms with Crippen LogP contribution >= 0.6 is 0 Å². The Morgan fingerprint density at radius 2 is 1.87 bits per heavy atom. The zero-order valence-corrected chi connectivity index (χ0v) is 23.1. The van der Waals surface area contributed by atoms with E-state index in [1.54, 1.807) is 4.90 Å². The van der Waals surface area contributed by atoms with Gasteiger partial charge in [-0.1, -0.05) is 50.2 Å². The molecule has 1 saturated heterocycles. The molecule has 1 saturated carbocycles. The topological polar surface area (TPSA) is 93.6 Å². The largest absolute Gasteiger partial charge is 0.465 e. The third kappa shape index (κ3) is 4.42. The van der Waals surface area contributed by atoms with Crippen LogP contribution < -0.4 is 4.90 Å². The molecule has 2 atom stereocenters. The number of benzene rings is 2. The van der Waals surface area contributed by atoms with E-state index in [4.69, 9.17) is 4.52 Å². The van der Waals surface area contributed by atoms with Crippen molar-refractivity contribution >= 4 is 17.5 Å². The fourth-order valence-electron chi connectivity index (χ4n) is 6.19. The molecule has 198 valence electrons. The number of rotatable bonds is 6. The summed E-state index contributed by atoms with van der Waals surface area (Å²) in [5.74, 6) is 0.949. The highest BCUT2D eigenvalue weighted by Gasteiger charge is 2.49. The summed E-state index contributed by atoms with van der Waals surface area (Å²) >= 11 is 0. The normalized spacial score (nSPS) is 20.0. The van der Waals surface area contributed by atoms with Crippen LogP contribution in [0.1, 0.15) is 56.2 Å². The number of nitriles is 1. The Labute approximate surface area is 224 Å². The summed E-state index contributed by atoms with van der Waals surface area (Å²) in [6.07, 6.45) is 0.955. The van der Waals surface area contributed by atoms with Gasteiger partial charge in [0.1, 0.15) is 5.76 Å². The van der Waals surface area contributed by atoms with Crippen LogP contribution in [0.25, 0.3) is 11.1 Å². The van der Waals surface area contributed by atoms with Crippen molar-refractivity contribution < 1.29 is 14.4 Å². The van der Waals surface area contributed by atoms with Crippen molar-refractivity contribution in [3.05, 3.63) is 65.0 Å². The van der Waals surface area contributed by atoms with Crippen LogP contribution in [0.4, 0.5) is 16.2 Å². The summed E-state index contributed by atoms with van der Waals surface area (Å²) < 4.78 is 5.45. The molecule has 0 spiro atoms. The number of anilines is 2. The fourth-order valence-corrected chi connectivity index (χ4v) is 6.19. The van der Waals surface area contributed by atoms with Crippen molar-refractivity contribution in [1.82, 2.24) is 10.1 Å². The molecule has 1 aromatic heterocycles. The standard InChI is InChI=1S/C31H36N4O3/c1-19-7-8-22(27-20(2)33-38-21(27)3)15-26(19)34(16-23-17-35(29(36)37)28(23)30(4,5)6)25-11-9-24(10-12-25)31(18-32)13-14-31/h7-12,15,23,28H,13-14,16-17H2,1-6H3,(H,36,37). The lowest BCUT2D eigenvalue weighted by molar-refractivity contribution is -0.0304. The van der Waals surface area contributed by atoms with Crippen molar-refractivity contribution in [3.63, 3.8) is 0 Å². The number of nitrogens with zero attached hydrogens (tertiary/aromatic N) is 4. The van der Waals surface area contributed by atoms with Gasteiger partial charge in [-0.3, -0.25) is 0 Å². The highest BCUT2D eigenvalue weighted by Crippen LogP contribution is 2.48. The minimum absolute atomic E-state index is 0.0823. The number of carbonyl (C=O) groups is 1. The van der Waals surface area contributed by atoms with Gasteiger partial charge in [-0.05, 0) is 73.9 Å². The van der Waals surface area contributed by atoms with E-state index in [2.05, 4.69) is 86.3 Å². The highest BCUT2D eigenvalue weighted by atomic mass is 16.5. The zero-order chi connectivity index (χ0) is 27.4. The third-order valence-corrected chi connectivity index (χ3v) is 8.28. The van der Waals surface area contributed by atoms with Gasteiger partial charge in [0.15, 0.2) is 0 Å². The van der Waals surface area contributed by atoms with Crippen LogP contribution in [-0.4, -0.2) is 40.4 Å². The second-order valence-electron chi connectivity index (χ2n) is 12.1. The summed E-state index contributed by atoms with van der Waals surface area (Å²) in [6.45, 7) is 13.5. The molecule has 2 unspecified atom stereocenters. The summed E-state index contributed by atoms with van der Waals surface area (Å²) in [5.41, 5.74) is 6.66. The number of aromatic nitrogens is 1. The lowest BCUT2D eigenvalue weighted by atomic mass is 9.72. The SMILES string of the molecule is Cc1ccc(-c2c(C)noc2C)cc1N(CC1CN(C(=O)O)C1C(C)(C)C)c1ccc(C2(C#N)CC2)cc1. The van der Waals surface area contributed by atoms with Gasteiger partial charge in [-0.25, -0.2) is 4.79 Å². The summed E-state index contributed by atoms with van der Waals surface area (Å²) in [6, 6.07) is 17.2. The first-order valence-corrected chi connectivity index (χ1v) is 13.3. The van der Waals surface area contributed by atoms with Crippen LogP contribution in [0.3, 0.4) is 0 Å². The van der Waals surface area contributed by atoms with Gasteiger partial charge in [0.2, 0.25) is 0 Å². The maximum atomic E-state index is 11.9. The van der Waals surface area contributed by atoms with E-state index in [9.17, 15) is 15.2 Å². The predicted molar refractivity (Wildman–Crippen MR) is 148 cm³/mol. The van der Waals surface area contributed by atoms with Gasteiger partial charge in [-0.2, -0.15) is 5.26 Å². The maximum Gasteiger partial charge on any atom is 0.407 e. The minimum atomic E-state index is -0.861. The first kappa shape index (κ1) is 25.8. The van der Waals surface area contributed by atoms with E-state index in [1.165, 1.54) is 0 Å². The molecule has 3 aromatic rings. The van der Waals surface area contributed by atoms with Crippen molar-refractivity contribution in [2.45, 2.75) is 65.8 Å². The Balaban J connectivity index is 1.56. The second-order valence-corrected chi connectivity index (χ2v) is 12.1. The molecule has 7 nitrogen and oxygen atoms in total. The van der Waals surface area contributed by atoms with E-state index in [-0.39, 0.29) is 22.8 Å². The molecular weight excluding hydrogens is 476 g/mol. The molecule has 7 heteroatoms. The average molecular weight is 513 g/mol. The van der Waals surface area contributed by atoms with Crippen LogP contribution in [0.15, 0.2) is 47.0 Å². The van der Waals surface area contributed by atoms with Crippen LogP contribution in [0, 0.1) is 43.4 Å². The molecular formula is C31H36N4O3. The first-order valence-electron chi connectivity index (χ1n) is 13.3.